The molecule has 40 heavy (non-hydrogen) atoms. The van der Waals surface area contributed by atoms with Crippen molar-refractivity contribution in [3.63, 3.8) is 0 Å². The van der Waals surface area contributed by atoms with E-state index in [1.54, 1.807) is 36.4 Å². The monoisotopic (exact) mass is 683 g/mol. The minimum Gasteiger partial charge on any atom is -0.744 e. The van der Waals surface area contributed by atoms with Crippen molar-refractivity contribution in [3.8, 4) is 22.6 Å². The lowest BCUT2D eigenvalue weighted by Gasteiger charge is -2.16. The highest BCUT2D eigenvalue weighted by Gasteiger charge is 2.36. The van der Waals surface area contributed by atoms with Crippen LogP contribution in [0.5, 0.6) is 11.5 Å². The Morgan fingerprint density at radius 2 is 1.30 bits per heavy atom. The molecule has 4 aromatic rings. The predicted octanol–water partition coefficient (Wildman–Crippen LogP) is 5.69. The third-order valence-electron chi connectivity index (χ3n) is 6.07. The van der Waals surface area contributed by atoms with Gasteiger partial charge < -0.3 is 14.0 Å². The minimum atomic E-state index is -5.96. The normalized spacial score (nSPS) is 12.6. The number of hydrogen-bond donors (Lipinski definition) is 0. The fourth-order valence-corrected chi connectivity index (χ4v) is 5.46. The predicted molar refractivity (Wildman–Crippen MR) is 138 cm³/mol. The Kier molecular flexibility index (Phi) is 7.14. The summed E-state index contributed by atoms with van der Waals surface area (Å²) < 4.78 is 101. The zero-order chi connectivity index (χ0) is 28.9. The molecule has 0 radical (unpaired) electrons. The van der Waals surface area contributed by atoms with Crippen LogP contribution < -0.4 is 9.47 Å². The van der Waals surface area contributed by atoms with Crippen LogP contribution >= 0.6 is 22.6 Å². The van der Waals surface area contributed by atoms with Gasteiger partial charge in [-0.1, -0.05) is 48.5 Å². The van der Waals surface area contributed by atoms with Crippen LogP contribution in [0.4, 0.5) is 17.6 Å². The van der Waals surface area contributed by atoms with E-state index in [-0.39, 0.29) is 5.75 Å². The molecule has 0 aromatic heterocycles. The molecular weight excluding hydrogens is 671 g/mol. The lowest BCUT2D eigenvalue weighted by Crippen LogP contribution is -2.21. The Morgan fingerprint density at radius 1 is 0.775 bits per heavy atom. The van der Waals surface area contributed by atoms with Crippen molar-refractivity contribution in [3.05, 3.63) is 110 Å². The van der Waals surface area contributed by atoms with Crippen molar-refractivity contribution in [1.29, 1.82) is 0 Å². The Balaban J connectivity index is 1.50. The van der Waals surface area contributed by atoms with Crippen molar-refractivity contribution in [2.45, 2.75) is 10.8 Å². The van der Waals surface area contributed by atoms with Crippen LogP contribution in [0.1, 0.15) is 27.4 Å². The molecule has 0 aliphatic heterocycles. The van der Waals surface area contributed by atoms with E-state index in [0.717, 1.165) is 17.2 Å². The molecule has 7 nitrogen and oxygen atoms in total. The quantitative estimate of drug-likeness (QED) is 0.0665. The van der Waals surface area contributed by atoms with E-state index in [1.165, 1.54) is 12.1 Å². The lowest BCUT2D eigenvalue weighted by atomic mass is 9.97. The highest BCUT2D eigenvalue weighted by Crippen LogP contribution is 2.45. The first-order valence-corrected chi connectivity index (χ1v) is 13.6. The smallest absolute Gasteiger partial charge is 0.347 e. The van der Waals surface area contributed by atoms with Crippen molar-refractivity contribution in [2.75, 3.05) is 0 Å². The average Bonchev–Trinajstić information content (AvgIpc) is 3.24. The first-order chi connectivity index (χ1) is 18.9. The number of hydrogen-bond acceptors (Lipinski definition) is 7. The summed E-state index contributed by atoms with van der Waals surface area (Å²) in [5.74, 6) is -15.6. The van der Waals surface area contributed by atoms with Gasteiger partial charge in [0.2, 0.25) is 17.4 Å². The maximum Gasteiger partial charge on any atom is 0.347 e. The van der Waals surface area contributed by atoms with Crippen LogP contribution in [0.2, 0.25) is 0 Å². The highest BCUT2D eigenvalue weighted by atomic mass is 127. The lowest BCUT2D eigenvalue weighted by molar-refractivity contribution is -0.135. The second-order valence-corrected chi connectivity index (χ2v) is 11.0. The molecule has 0 unspecified atom stereocenters. The van der Waals surface area contributed by atoms with Gasteiger partial charge >= 0.3 is 11.9 Å². The van der Waals surface area contributed by atoms with Gasteiger partial charge in [0.05, 0.1) is 0 Å². The molecule has 0 spiro atoms. The van der Waals surface area contributed by atoms with Gasteiger partial charge in [-0.25, -0.2) is 22.0 Å². The second kappa shape index (κ2) is 10.3. The first-order valence-electron chi connectivity index (χ1n) is 11.1. The van der Waals surface area contributed by atoms with Gasteiger partial charge in [0.1, 0.15) is 32.2 Å². The Morgan fingerprint density at radius 3 is 1.82 bits per heavy atom. The third kappa shape index (κ3) is 4.73. The molecule has 13 heteroatoms. The van der Waals surface area contributed by atoms with Crippen molar-refractivity contribution < 1.29 is 49.6 Å². The number of carbonyl (C=O) groups excluding carboxylic acids is 2. The standard InChI is InChI=1S/C27H13F4IO7S/c28-20-22(30)25(40(35,36)37)23(31)21(29)24(20)39-26(33)17-10-9-12(32)11-18(17)38-27(34)19-15-7-3-1-5-13(15)14-6-2-4-8-16(14)19/h1-11,19H,(H,35,36,37)/p-1. The molecule has 0 atom stereocenters. The summed E-state index contributed by atoms with van der Waals surface area (Å²) in [6.07, 6.45) is 0. The van der Waals surface area contributed by atoms with E-state index in [0.29, 0.717) is 14.7 Å². The number of rotatable bonds is 5. The molecule has 0 saturated heterocycles. The zero-order valence-corrected chi connectivity index (χ0v) is 22.6. The van der Waals surface area contributed by atoms with Crippen LogP contribution in [-0.4, -0.2) is 24.9 Å². The topological polar surface area (TPSA) is 110 Å². The van der Waals surface area contributed by atoms with E-state index < -0.39 is 67.5 Å². The van der Waals surface area contributed by atoms with E-state index in [9.17, 15) is 40.1 Å². The number of halogens is 5. The van der Waals surface area contributed by atoms with Gasteiger partial charge in [0.25, 0.3) is 0 Å². The van der Waals surface area contributed by atoms with Crippen LogP contribution in [-0.2, 0) is 14.9 Å². The molecule has 0 bridgehead atoms. The molecule has 0 saturated carbocycles. The molecular formula is C27H12F4IO7S-. The van der Waals surface area contributed by atoms with E-state index >= 15 is 0 Å². The molecule has 1 aliphatic carbocycles. The number of carbonyl (C=O) groups is 2. The summed E-state index contributed by atoms with van der Waals surface area (Å²) in [5.41, 5.74) is 2.36. The van der Waals surface area contributed by atoms with Gasteiger partial charge in [0.15, 0.2) is 11.6 Å². The molecule has 0 fully saturated rings. The number of fused-ring (bicyclic) bond motifs is 3. The maximum atomic E-state index is 14.4. The summed E-state index contributed by atoms with van der Waals surface area (Å²) >= 11 is 1.85. The average molecular weight is 683 g/mol. The summed E-state index contributed by atoms with van der Waals surface area (Å²) in [6.45, 7) is 0. The van der Waals surface area contributed by atoms with Crippen LogP contribution in [0.3, 0.4) is 0 Å². The molecule has 0 N–H and O–H groups in total. The van der Waals surface area contributed by atoms with Crippen molar-refractivity contribution in [1.82, 2.24) is 0 Å². The van der Waals surface area contributed by atoms with Gasteiger partial charge in [-0.2, -0.15) is 8.78 Å². The Hall–Kier alpha value is -3.82. The number of ether oxygens (including phenoxy) is 2. The summed E-state index contributed by atoms with van der Waals surface area (Å²) in [6, 6.07) is 17.9. The second-order valence-electron chi connectivity index (χ2n) is 8.43. The fraction of sp³-hybridized carbons (Fsp3) is 0.0370. The van der Waals surface area contributed by atoms with E-state index in [4.69, 9.17) is 4.74 Å². The molecule has 4 aromatic carbocycles. The van der Waals surface area contributed by atoms with Crippen molar-refractivity contribution >= 4 is 44.6 Å². The van der Waals surface area contributed by atoms with Gasteiger partial charge in [0, 0.05) is 3.57 Å². The fourth-order valence-electron chi connectivity index (χ4n) is 4.37. The zero-order valence-electron chi connectivity index (χ0n) is 19.6. The summed E-state index contributed by atoms with van der Waals surface area (Å²) in [5, 5.41) is 0. The van der Waals surface area contributed by atoms with Gasteiger partial charge in [-0.15, -0.1) is 0 Å². The van der Waals surface area contributed by atoms with E-state index in [1.807, 2.05) is 34.7 Å². The summed E-state index contributed by atoms with van der Waals surface area (Å²) in [4.78, 5) is 23.9. The van der Waals surface area contributed by atoms with Crippen LogP contribution in [0.15, 0.2) is 71.6 Å². The third-order valence-corrected chi connectivity index (χ3v) is 7.60. The molecule has 0 heterocycles. The highest BCUT2D eigenvalue weighted by molar-refractivity contribution is 14.1. The van der Waals surface area contributed by atoms with E-state index in [2.05, 4.69) is 4.74 Å². The maximum absolute atomic E-state index is 14.4. The SMILES string of the molecule is O=C(Oc1c(F)c(F)c(S(=O)(=O)[O-])c(F)c1F)c1ccc(I)cc1OC(=O)C1c2ccccc2-c2ccccc21. The molecule has 1 aliphatic rings. The summed E-state index contributed by atoms with van der Waals surface area (Å²) in [7, 11) is -5.96. The van der Waals surface area contributed by atoms with Crippen LogP contribution in [0, 0.1) is 26.8 Å². The Bertz CT molecular complexity index is 1770. The molecule has 0 amide bonds. The minimum absolute atomic E-state index is 0.385. The number of benzene rings is 4. The molecule has 204 valence electrons. The first kappa shape index (κ1) is 27.7. The van der Waals surface area contributed by atoms with Gasteiger partial charge in [-0.3, -0.25) is 4.79 Å². The Labute approximate surface area is 237 Å². The van der Waals surface area contributed by atoms with Crippen LogP contribution in [0.25, 0.3) is 11.1 Å². The number of esters is 2. The molecule has 5 rings (SSSR count). The van der Waals surface area contributed by atoms with Crippen molar-refractivity contribution in [2.24, 2.45) is 0 Å². The van der Waals surface area contributed by atoms with Gasteiger partial charge in [-0.05, 0) is 63.0 Å². The largest absolute Gasteiger partial charge is 0.744 e.